The number of nitriles is 1. The lowest BCUT2D eigenvalue weighted by Gasteiger charge is -2.39. The fourth-order valence-electron chi connectivity index (χ4n) is 8.54. The Morgan fingerprint density at radius 2 is 1.12 bits per heavy atom. The van der Waals surface area contributed by atoms with E-state index in [2.05, 4.69) is 33.8 Å². The Hall–Kier alpha value is -3.01. The molecule has 0 radical (unpaired) electrons. The smallest absolute Gasteiger partial charge is 0.262 e. The number of fused-ring (bicyclic) bond motifs is 2. The van der Waals surface area contributed by atoms with Crippen molar-refractivity contribution in [2.45, 2.75) is 170 Å². The molecule has 0 spiro atoms. The van der Waals surface area contributed by atoms with Gasteiger partial charge in [-0.2, -0.15) is 5.26 Å². The molecule has 1 aliphatic carbocycles. The summed E-state index contributed by atoms with van der Waals surface area (Å²) in [6.45, 7) is 15.0. The normalized spacial score (nSPS) is 20.4. The summed E-state index contributed by atoms with van der Waals surface area (Å²) in [5.41, 5.74) is -1.84. The summed E-state index contributed by atoms with van der Waals surface area (Å²) in [5.74, 6) is 1.90. The molecular weight excluding hydrogens is 610 g/mol. The molecule has 2 aromatic heterocycles. The van der Waals surface area contributed by atoms with Crippen LogP contribution in [0.3, 0.4) is 0 Å². The van der Waals surface area contributed by atoms with Crippen LogP contribution in [0.2, 0.25) is 0 Å². The van der Waals surface area contributed by atoms with Crippen molar-refractivity contribution >= 4 is 21.5 Å². The van der Waals surface area contributed by atoms with Gasteiger partial charge in [-0.05, 0) is 88.2 Å². The van der Waals surface area contributed by atoms with Gasteiger partial charge in [0.25, 0.3) is 22.2 Å². The van der Waals surface area contributed by atoms with Gasteiger partial charge in [-0.3, -0.25) is 28.3 Å². The number of rotatable bonds is 17. The van der Waals surface area contributed by atoms with Crippen LogP contribution >= 0.6 is 0 Å². The zero-order valence-corrected chi connectivity index (χ0v) is 31.7. The Morgan fingerprint density at radius 1 is 0.653 bits per heavy atom. The van der Waals surface area contributed by atoms with Gasteiger partial charge < -0.3 is 0 Å². The molecule has 0 amide bonds. The lowest BCUT2D eigenvalue weighted by atomic mass is 9.64. The van der Waals surface area contributed by atoms with E-state index in [0.29, 0.717) is 29.7 Å². The highest BCUT2D eigenvalue weighted by Gasteiger charge is 2.36. The first kappa shape index (κ1) is 38.8. The van der Waals surface area contributed by atoms with Crippen molar-refractivity contribution in [3.05, 3.63) is 53.5 Å². The van der Waals surface area contributed by atoms with Crippen LogP contribution < -0.4 is 22.2 Å². The largest absolute Gasteiger partial charge is 0.274 e. The van der Waals surface area contributed by atoms with Gasteiger partial charge in [-0.1, -0.05) is 105 Å². The number of benzene rings is 1. The Balaban J connectivity index is 1.21. The summed E-state index contributed by atoms with van der Waals surface area (Å²) < 4.78 is 2.48. The molecule has 1 aliphatic rings. The van der Waals surface area contributed by atoms with E-state index in [1.807, 2.05) is 0 Å². The number of hydrogen-bond acceptors (Lipinski definition) is 5. The second-order valence-electron chi connectivity index (χ2n) is 17.6. The van der Waals surface area contributed by atoms with E-state index in [0.717, 1.165) is 44.9 Å². The van der Waals surface area contributed by atoms with Crippen molar-refractivity contribution in [2.75, 3.05) is 0 Å². The zero-order valence-electron chi connectivity index (χ0n) is 31.7. The molecule has 270 valence electrons. The van der Waals surface area contributed by atoms with Crippen LogP contribution in [0.1, 0.15) is 158 Å². The molecule has 2 heterocycles. The maximum absolute atomic E-state index is 13.2. The first-order chi connectivity index (χ1) is 23.2. The Labute approximate surface area is 293 Å². The molecule has 0 N–H and O–H groups in total. The van der Waals surface area contributed by atoms with Gasteiger partial charge >= 0.3 is 0 Å². The zero-order chi connectivity index (χ0) is 35.9. The number of unbranched alkanes of at least 4 members (excludes halogenated alkanes) is 10. The molecule has 0 aliphatic heterocycles. The molecule has 1 aromatic carbocycles. The van der Waals surface area contributed by atoms with E-state index in [-0.39, 0.29) is 38.6 Å². The summed E-state index contributed by atoms with van der Waals surface area (Å²) in [7, 11) is 0. The van der Waals surface area contributed by atoms with Crippen LogP contribution in [0.25, 0.3) is 21.5 Å². The van der Waals surface area contributed by atoms with Crippen molar-refractivity contribution in [1.82, 2.24) is 9.13 Å². The molecule has 0 bridgehead atoms. The van der Waals surface area contributed by atoms with Crippen molar-refractivity contribution < 1.29 is 0 Å². The second-order valence-corrected chi connectivity index (χ2v) is 17.6. The van der Waals surface area contributed by atoms with E-state index < -0.39 is 16.7 Å². The van der Waals surface area contributed by atoms with Gasteiger partial charge in [0.15, 0.2) is 0 Å². The molecule has 1 saturated carbocycles. The predicted molar refractivity (Wildman–Crippen MR) is 203 cm³/mol. The van der Waals surface area contributed by atoms with Crippen LogP contribution in [0, 0.1) is 40.4 Å². The number of nitrogens with zero attached hydrogens (tertiary/aromatic N) is 3. The maximum Gasteiger partial charge on any atom is 0.262 e. The lowest BCUT2D eigenvalue weighted by molar-refractivity contribution is 0.116. The lowest BCUT2D eigenvalue weighted by Crippen LogP contribution is -2.38. The molecule has 4 unspecified atom stereocenters. The number of aromatic nitrogens is 2. The van der Waals surface area contributed by atoms with Gasteiger partial charge in [0.1, 0.15) is 0 Å². The van der Waals surface area contributed by atoms with Crippen LogP contribution in [0.4, 0.5) is 0 Å². The molecule has 4 rings (SSSR count). The van der Waals surface area contributed by atoms with Crippen LogP contribution in [0.15, 0.2) is 31.3 Å². The minimum absolute atomic E-state index is 0.186. The first-order valence-electron chi connectivity index (χ1n) is 19.5. The standard InChI is InChI=1S/C42H63N3O4/c1-29-22-23-30(20-16-12-8-10-14-18-24-41(2,3)4)31(36(29)28-43)21-17-13-9-11-15-19-25-44-37(46)32-26-34-35(27-33(32)38(44)47)40(49)45(39(34)48)42(5,6)7/h26-27,29-31,36H,8-25H2,1-7H3. The molecule has 4 atom stereocenters. The van der Waals surface area contributed by atoms with Crippen molar-refractivity contribution in [2.24, 2.45) is 29.1 Å². The summed E-state index contributed by atoms with van der Waals surface area (Å²) in [4.78, 5) is 52.3. The van der Waals surface area contributed by atoms with Gasteiger partial charge in [0.05, 0.1) is 33.5 Å². The fraction of sp³-hybridized carbons (Fsp3) is 0.738. The van der Waals surface area contributed by atoms with Crippen LogP contribution in [0.5, 0.6) is 0 Å². The van der Waals surface area contributed by atoms with Gasteiger partial charge in [-0.25, -0.2) is 0 Å². The molecular formula is C42H63N3O4. The first-order valence-corrected chi connectivity index (χ1v) is 19.5. The quantitative estimate of drug-likeness (QED) is 0.133. The molecule has 3 aromatic rings. The van der Waals surface area contributed by atoms with Crippen LogP contribution in [-0.2, 0) is 12.1 Å². The monoisotopic (exact) mass is 673 g/mol. The van der Waals surface area contributed by atoms with E-state index in [9.17, 15) is 24.4 Å². The minimum Gasteiger partial charge on any atom is -0.274 e. The third-order valence-electron chi connectivity index (χ3n) is 11.4. The Morgan fingerprint density at radius 3 is 1.63 bits per heavy atom. The molecule has 7 heteroatoms. The Kier molecular flexibility index (Phi) is 13.3. The third kappa shape index (κ3) is 9.62. The fourth-order valence-corrected chi connectivity index (χ4v) is 8.54. The van der Waals surface area contributed by atoms with Gasteiger partial charge in [0.2, 0.25) is 0 Å². The molecule has 49 heavy (non-hydrogen) atoms. The van der Waals surface area contributed by atoms with E-state index in [1.165, 1.54) is 85.5 Å². The van der Waals surface area contributed by atoms with Crippen molar-refractivity contribution in [3.63, 3.8) is 0 Å². The summed E-state index contributed by atoms with van der Waals surface area (Å²) in [6.07, 6.45) is 20.3. The Bertz CT molecular complexity index is 1710. The van der Waals surface area contributed by atoms with Crippen molar-refractivity contribution in [3.8, 4) is 6.07 Å². The maximum atomic E-state index is 13.2. The summed E-state index contributed by atoms with van der Waals surface area (Å²) >= 11 is 0. The van der Waals surface area contributed by atoms with Crippen LogP contribution in [-0.4, -0.2) is 9.13 Å². The highest BCUT2D eigenvalue weighted by molar-refractivity contribution is 5.97. The molecule has 0 saturated heterocycles. The average Bonchev–Trinajstić information content (AvgIpc) is 3.42. The third-order valence-corrected chi connectivity index (χ3v) is 11.4. The van der Waals surface area contributed by atoms with Gasteiger partial charge in [0, 0.05) is 12.1 Å². The van der Waals surface area contributed by atoms with E-state index in [4.69, 9.17) is 0 Å². The SMILES string of the molecule is CC1CCC(CCCCCCCCC(C)(C)C)C(CCCCCCCCn2c(=O)c3cc4c(=O)n(C(C)(C)C)c(=O)c4cc3c2=O)C1C#N. The molecule has 7 nitrogen and oxygen atoms in total. The second kappa shape index (κ2) is 16.8. The average molecular weight is 674 g/mol. The van der Waals surface area contributed by atoms with Gasteiger partial charge in [-0.15, -0.1) is 0 Å². The minimum atomic E-state index is -0.696. The summed E-state index contributed by atoms with van der Waals surface area (Å²) in [5, 5.41) is 10.9. The highest BCUT2D eigenvalue weighted by Crippen LogP contribution is 2.43. The predicted octanol–water partition coefficient (Wildman–Crippen LogP) is 9.37. The van der Waals surface area contributed by atoms with Crippen molar-refractivity contribution in [1.29, 1.82) is 5.26 Å². The topological polar surface area (TPSA) is 102 Å². The molecule has 1 fully saturated rings. The van der Waals surface area contributed by atoms with E-state index >= 15 is 0 Å². The highest BCUT2D eigenvalue weighted by atomic mass is 16.2. The summed E-state index contributed by atoms with van der Waals surface area (Å²) in [6, 6.07) is 5.60. The van der Waals surface area contributed by atoms with E-state index in [1.54, 1.807) is 20.8 Å². The number of hydrogen-bond donors (Lipinski definition) is 0.